The van der Waals surface area contributed by atoms with Crippen molar-refractivity contribution in [2.45, 2.75) is 70.4 Å². The second-order valence-electron chi connectivity index (χ2n) is 6.13. The Labute approximate surface area is 106 Å². The van der Waals surface area contributed by atoms with E-state index in [0.717, 1.165) is 0 Å². The summed E-state index contributed by atoms with van der Waals surface area (Å²) in [5.41, 5.74) is 8.18. The molecule has 17 heavy (non-hydrogen) atoms. The van der Waals surface area contributed by atoms with Crippen molar-refractivity contribution in [2.24, 2.45) is 5.73 Å². The zero-order chi connectivity index (χ0) is 12.3. The Bertz CT molecular complexity index is 267. The number of rotatable bonds is 3. The Kier molecular flexibility index (Phi) is 4.26. The van der Waals surface area contributed by atoms with Crippen LogP contribution in [0.15, 0.2) is 11.6 Å². The van der Waals surface area contributed by atoms with Crippen LogP contribution in [0.3, 0.4) is 0 Å². The zero-order valence-corrected chi connectivity index (χ0v) is 11.5. The predicted octanol–water partition coefficient (Wildman–Crippen LogP) is 3.08. The Morgan fingerprint density at radius 1 is 1.06 bits per heavy atom. The van der Waals surface area contributed by atoms with Crippen molar-refractivity contribution in [1.29, 1.82) is 0 Å². The molecular formula is C15H28N2. The summed E-state index contributed by atoms with van der Waals surface area (Å²) >= 11 is 0. The number of allylic oxidation sites excluding steroid dienone is 1. The highest BCUT2D eigenvalue weighted by atomic mass is 15.2. The van der Waals surface area contributed by atoms with Gasteiger partial charge in [0.05, 0.1) is 0 Å². The lowest BCUT2D eigenvalue weighted by molar-refractivity contribution is 0.0598. The molecule has 0 amide bonds. The molecule has 0 aromatic rings. The summed E-state index contributed by atoms with van der Waals surface area (Å²) in [5, 5.41) is 0. The molecule has 1 unspecified atom stereocenters. The van der Waals surface area contributed by atoms with E-state index in [1.807, 2.05) is 0 Å². The molecule has 0 radical (unpaired) electrons. The fourth-order valence-corrected chi connectivity index (χ4v) is 3.70. The number of nitrogens with zero attached hydrogens (tertiary/aromatic N) is 1. The summed E-state index contributed by atoms with van der Waals surface area (Å²) in [6.07, 6.45) is 11.8. The van der Waals surface area contributed by atoms with Gasteiger partial charge in [-0.05, 0) is 52.6 Å². The number of hydrogen-bond acceptors (Lipinski definition) is 2. The molecule has 1 saturated carbocycles. The SMILES string of the molecule is CC(C)=CC(N)C1(N2CCCCC2)CCCC1. The van der Waals surface area contributed by atoms with E-state index >= 15 is 0 Å². The lowest BCUT2D eigenvalue weighted by atomic mass is 9.84. The standard InChI is InChI=1S/C15H28N2/c1-13(2)12-14(16)15(8-4-5-9-15)17-10-6-3-7-11-17/h12,14H,3-11,16H2,1-2H3. The molecule has 0 spiro atoms. The van der Waals surface area contributed by atoms with Gasteiger partial charge in [0, 0.05) is 11.6 Å². The molecule has 0 aromatic heterocycles. The van der Waals surface area contributed by atoms with Crippen LogP contribution in [0.4, 0.5) is 0 Å². The Morgan fingerprint density at radius 2 is 1.65 bits per heavy atom. The van der Waals surface area contributed by atoms with E-state index in [9.17, 15) is 0 Å². The van der Waals surface area contributed by atoms with E-state index in [0.29, 0.717) is 0 Å². The van der Waals surface area contributed by atoms with Crippen LogP contribution < -0.4 is 5.73 Å². The molecule has 2 rings (SSSR count). The molecule has 1 saturated heterocycles. The van der Waals surface area contributed by atoms with E-state index < -0.39 is 0 Å². The highest BCUT2D eigenvalue weighted by molar-refractivity contribution is 5.13. The van der Waals surface area contributed by atoms with Gasteiger partial charge in [0.2, 0.25) is 0 Å². The minimum atomic E-state index is 0.230. The minimum absolute atomic E-state index is 0.230. The summed E-state index contributed by atoms with van der Waals surface area (Å²) in [6.45, 7) is 6.87. The number of hydrogen-bond donors (Lipinski definition) is 1. The number of nitrogens with two attached hydrogens (primary N) is 1. The van der Waals surface area contributed by atoms with Gasteiger partial charge in [-0.15, -0.1) is 0 Å². The first-order valence-corrected chi connectivity index (χ1v) is 7.31. The van der Waals surface area contributed by atoms with Crippen molar-refractivity contribution in [3.8, 4) is 0 Å². The molecule has 2 fully saturated rings. The van der Waals surface area contributed by atoms with Gasteiger partial charge in [-0.3, -0.25) is 4.90 Å². The third-order valence-corrected chi connectivity index (χ3v) is 4.59. The van der Waals surface area contributed by atoms with Crippen LogP contribution in [-0.2, 0) is 0 Å². The number of likely N-dealkylation sites (tertiary alicyclic amines) is 1. The van der Waals surface area contributed by atoms with Crippen molar-refractivity contribution in [3.05, 3.63) is 11.6 Å². The smallest absolute Gasteiger partial charge is 0.0414 e. The second-order valence-corrected chi connectivity index (χ2v) is 6.13. The largest absolute Gasteiger partial charge is 0.323 e. The van der Waals surface area contributed by atoms with Gasteiger partial charge in [-0.2, -0.15) is 0 Å². The average Bonchev–Trinajstić information content (AvgIpc) is 2.79. The van der Waals surface area contributed by atoms with Crippen molar-refractivity contribution in [3.63, 3.8) is 0 Å². The van der Waals surface area contributed by atoms with Crippen molar-refractivity contribution < 1.29 is 0 Å². The fourth-order valence-electron chi connectivity index (χ4n) is 3.70. The van der Waals surface area contributed by atoms with Gasteiger partial charge in [0.25, 0.3) is 0 Å². The van der Waals surface area contributed by atoms with E-state index in [2.05, 4.69) is 24.8 Å². The summed E-state index contributed by atoms with van der Waals surface area (Å²) in [6, 6.07) is 0.230. The first kappa shape index (κ1) is 13.1. The second kappa shape index (κ2) is 5.53. The van der Waals surface area contributed by atoms with Crippen LogP contribution in [0, 0.1) is 0 Å². The third kappa shape index (κ3) is 2.74. The topological polar surface area (TPSA) is 29.3 Å². The summed E-state index contributed by atoms with van der Waals surface area (Å²) in [4.78, 5) is 2.72. The maximum atomic E-state index is 6.53. The summed E-state index contributed by atoms with van der Waals surface area (Å²) < 4.78 is 0. The van der Waals surface area contributed by atoms with Crippen LogP contribution in [-0.4, -0.2) is 29.6 Å². The van der Waals surface area contributed by atoms with Crippen LogP contribution in [0.25, 0.3) is 0 Å². The molecule has 2 nitrogen and oxygen atoms in total. The molecule has 2 heteroatoms. The quantitative estimate of drug-likeness (QED) is 0.763. The molecular weight excluding hydrogens is 208 g/mol. The molecule has 1 atom stereocenters. The van der Waals surface area contributed by atoms with E-state index in [-0.39, 0.29) is 11.6 Å². The first-order valence-electron chi connectivity index (χ1n) is 7.31. The maximum absolute atomic E-state index is 6.53. The normalized spacial score (nSPS) is 26.8. The van der Waals surface area contributed by atoms with Crippen molar-refractivity contribution in [1.82, 2.24) is 4.90 Å². The molecule has 1 aliphatic carbocycles. The Morgan fingerprint density at radius 3 is 2.18 bits per heavy atom. The van der Waals surface area contributed by atoms with Gasteiger partial charge in [-0.1, -0.05) is 30.9 Å². The monoisotopic (exact) mass is 236 g/mol. The van der Waals surface area contributed by atoms with Crippen molar-refractivity contribution >= 4 is 0 Å². The maximum Gasteiger partial charge on any atom is 0.0414 e. The van der Waals surface area contributed by atoms with Crippen LogP contribution in [0.2, 0.25) is 0 Å². The molecule has 2 N–H and O–H groups in total. The van der Waals surface area contributed by atoms with E-state index in [1.165, 1.54) is 63.6 Å². The molecule has 1 aliphatic heterocycles. The highest BCUT2D eigenvalue weighted by Gasteiger charge is 2.43. The van der Waals surface area contributed by atoms with Gasteiger partial charge >= 0.3 is 0 Å². The molecule has 98 valence electrons. The van der Waals surface area contributed by atoms with Gasteiger partial charge in [0.15, 0.2) is 0 Å². The Hall–Kier alpha value is -0.340. The molecule has 0 aromatic carbocycles. The summed E-state index contributed by atoms with van der Waals surface area (Å²) in [7, 11) is 0. The van der Waals surface area contributed by atoms with Crippen LogP contribution >= 0.6 is 0 Å². The van der Waals surface area contributed by atoms with Gasteiger partial charge in [-0.25, -0.2) is 0 Å². The minimum Gasteiger partial charge on any atom is -0.323 e. The highest BCUT2D eigenvalue weighted by Crippen LogP contribution is 2.39. The molecule has 2 aliphatic rings. The zero-order valence-electron chi connectivity index (χ0n) is 11.5. The van der Waals surface area contributed by atoms with E-state index in [1.54, 1.807) is 0 Å². The molecule has 1 heterocycles. The van der Waals surface area contributed by atoms with Crippen LogP contribution in [0.1, 0.15) is 58.8 Å². The predicted molar refractivity (Wildman–Crippen MR) is 74.0 cm³/mol. The lowest BCUT2D eigenvalue weighted by Crippen LogP contribution is -2.59. The van der Waals surface area contributed by atoms with Gasteiger partial charge < -0.3 is 5.73 Å². The van der Waals surface area contributed by atoms with Crippen LogP contribution in [0.5, 0.6) is 0 Å². The number of piperidine rings is 1. The lowest BCUT2D eigenvalue weighted by Gasteiger charge is -2.46. The first-order chi connectivity index (χ1) is 8.15. The van der Waals surface area contributed by atoms with Crippen molar-refractivity contribution in [2.75, 3.05) is 13.1 Å². The average molecular weight is 236 g/mol. The van der Waals surface area contributed by atoms with Gasteiger partial charge in [0.1, 0.15) is 0 Å². The Balaban J connectivity index is 2.16. The third-order valence-electron chi connectivity index (χ3n) is 4.59. The summed E-state index contributed by atoms with van der Waals surface area (Å²) in [5.74, 6) is 0. The molecule has 0 bridgehead atoms. The van der Waals surface area contributed by atoms with E-state index in [4.69, 9.17) is 5.73 Å². The fraction of sp³-hybridized carbons (Fsp3) is 0.867.